The Hall–Kier alpha value is -1.85. The van der Waals surface area contributed by atoms with Crippen molar-refractivity contribution in [3.8, 4) is 0 Å². The molecule has 0 unspecified atom stereocenters. The van der Waals surface area contributed by atoms with Gasteiger partial charge < -0.3 is 14.9 Å². The summed E-state index contributed by atoms with van der Waals surface area (Å²) in [6.45, 7) is 7.16. The van der Waals surface area contributed by atoms with Crippen molar-refractivity contribution in [2.24, 2.45) is 5.10 Å². The van der Waals surface area contributed by atoms with Crippen LogP contribution in [0.25, 0.3) is 0 Å². The van der Waals surface area contributed by atoms with Crippen LogP contribution in [0.1, 0.15) is 26.7 Å². The minimum atomic E-state index is -0.600. The maximum absolute atomic E-state index is 11.0. The van der Waals surface area contributed by atoms with Gasteiger partial charge in [0, 0.05) is 13.1 Å². The highest BCUT2D eigenvalue weighted by molar-refractivity contribution is 6.23. The van der Waals surface area contributed by atoms with Crippen LogP contribution in [0.4, 0.5) is 0 Å². The van der Waals surface area contributed by atoms with Crippen molar-refractivity contribution in [2.75, 3.05) is 13.7 Å². The zero-order valence-corrected chi connectivity index (χ0v) is 11.1. The van der Waals surface area contributed by atoms with Gasteiger partial charge in [0.05, 0.1) is 6.61 Å². The minimum absolute atomic E-state index is 0.254. The lowest BCUT2D eigenvalue weighted by Crippen LogP contribution is -2.27. The van der Waals surface area contributed by atoms with Crippen molar-refractivity contribution in [1.82, 2.24) is 5.43 Å². The Kier molecular flexibility index (Phi) is 7.42. The van der Waals surface area contributed by atoms with Crippen LogP contribution in [0.15, 0.2) is 17.8 Å². The first-order valence-electron chi connectivity index (χ1n) is 5.63. The van der Waals surface area contributed by atoms with Crippen LogP contribution < -0.4 is 5.43 Å². The fourth-order valence-electron chi connectivity index (χ4n) is 1.19. The molecule has 1 N–H and O–H groups in total. The van der Waals surface area contributed by atoms with Gasteiger partial charge in [-0.25, -0.2) is 9.59 Å². The van der Waals surface area contributed by atoms with Crippen molar-refractivity contribution in [3.63, 3.8) is 0 Å². The molecule has 0 aromatic rings. The number of ether oxygens (including phenoxy) is 2. The molecule has 0 bridgehead atoms. The smallest absolute Gasteiger partial charge is 0.351 e. The lowest BCUT2D eigenvalue weighted by molar-refractivity contribution is -0.151. The molecule has 0 rings (SSSR count). The van der Waals surface area contributed by atoms with Gasteiger partial charge in [0.15, 0.2) is 0 Å². The van der Waals surface area contributed by atoms with Crippen molar-refractivity contribution in [1.29, 1.82) is 0 Å². The largest absolute Gasteiger partial charge is 0.461 e. The van der Waals surface area contributed by atoms with Crippen molar-refractivity contribution in [3.05, 3.63) is 12.7 Å². The molecule has 0 aromatic carbocycles. The quantitative estimate of drug-likeness (QED) is 0.231. The van der Waals surface area contributed by atoms with Gasteiger partial charge in [0.1, 0.15) is 11.8 Å². The summed E-state index contributed by atoms with van der Waals surface area (Å²) in [7, 11) is 1.58. The highest BCUT2D eigenvalue weighted by atomic mass is 16.6. The predicted octanol–water partition coefficient (Wildman–Crippen LogP) is 1.02. The summed E-state index contributed by atoms with van der Waals surface area (Å²) in [6.07, 6.45) is 3.36. The molecular weight excluding hydrogens is 236 g/mol. The topological polar surface area (TPSA) is 77.0 Å². The average Bonchev–Trinajstić information content (AvgIpc) is 2.31. The second kappa shape index (κ2) is 8.27. The van der Waals surface area contributed by atoms with E-state index in [1.54, 1.807) is 20.9 Å². The second-order valence-corrected chi connectivity index (χ2v) is 4.14. The zero-order chi connectivity index (χ0) is 14.0. The van der Waals surface area contributed by atoms with E-state index in [1.807, 2.05) is 0 Å². The number of hydrogen-bond donors (Lipinski definition) is 1. The van der Waals surface area contributed by atoms with Crippen molar-refractivity contribution in [2.45, 2.75) is 32.3 Å². The summed E-state index contributed by atoms with van der Waals surface area (Å²) in [5, 5.41) is 3.52. The Balaban J connectivity index is 3.83. The van der Waals surface area contributed by atoms with Crippen LogP contribution >= 0.6 is 0 Å². The summed E-state index contributed by atoms with van der Waals surface area (Å²) < 4.78 is 10.0. The molecule has 0 saturated carbocycles. The Labute approximate surface area is 107 Å². The Bertz CT molecular complexity index is 324. The Morgan fingerprint density at radius 2 is 2.06 bits per heavy atom. The summed E-state index contributed by atoms with van der Waals surface area (Å²) in [6, 6.07) is 0. The Morgan fingerprint density at radius 1 is 1.39 bits per heavy atom. The van der Waals surface area contributed by atoms with Gasteiger partial charge in [-0.3, -0.25) is 0 Å². The summed E-state index contributed by atoms with van der Waals surface area (Å²) in [5.41, 5.74) is 1.84. The van der Waals surface area contributed by atoms with Gasteiger partial charge in [-0.05, 0) is 26.7 Å². The molecule has 0 amide bonds. The predicted molar refractivity (Wildman–Crippen MR) is 68.1 cm³/mol. The van der Waals surface area contributed by atoms with Crippen LogP contribution in [-0.4, -0.2) is 37.4 Å². The highest BCUT2D eigenvalue weighted by Crippen LogP contribution is 2.17. The van der Waals surface area contributed by atoms with Gasteiger partial charge in [0.2, 0.25) is 0 Å². The number of carbonyl (C=O) groups is 2. The third kappa shape index (κ3) is 8.32. The van der Waals surface area contributed by atoms with E-state index < -0.39 is 17.5 Å². The van der Waals surface area contributed by atoms with Crippen LogP contribution in [-0.2, 0) is 19.1 Å². The molecule has 0 aliphatic rings. The molecule has 0 spiro atoms. The molecule has 0 radical (unpaired) electrons. The third-order valence-corrected chi connectivity index (χ3v) is 2.01. The maximum atomic E-state index is 11.0. The van der Waals surface area contributed by atoms with Gasteiger partial charge in [0.25, 0.3) is 0 Å². The second-order valence-electron chi connectivity index (χ2n) is 4.14. The first-order chi connectivity index (χ1) is 8.41. The molecule has 6 nitrogen and oxygen atoms in total. The summed E-state index contributed by atoms with van der Waals surface area (Å²) in [4.78, 5) is 22.1. The van der Waals surface area contributed by atoms with E-state index in [2.05, 4.69) is 17.1 Å². The third-order valence-electron chi connectivity index (χ3n) is 2.01. The maximum Gasteiger partial charge on any atom is 0.351 e. The highest BCUT2D eigenvalue weighted by Gasteiger charge is 2.21. The number of esters is 2. The van der Waals surface area contributed by atoms with E-state index in [-0.39, 0.29) is 6.61 Å². The molecule has 0 atom stereocenters. The Morgan fingerprint density at radius 3 is 2.61 bits per heavy atom. The van der Waals surface area contributed by atoms with Gasteiger partial charge >= 0.3 is 11.9 Å². The number of carbonyl (C=O) groups excluding carboxylic acids is 2. The van der Waals surface area contributed by atoms with E-state index in [0.717, 1.165) is 12.3 Å². The molecule has 18 heavy (non-hydrogen) atoms. The van der Waals surface area contributed by atoms with E-state index in [4.69, 9.17) is 9.47 Å². The normalized spacial score (nSPS) is 11.1. The molecule has 0 aliphatic heterocycles. The monoisotopic (exact) mass is 256 g/mol. The van der Waals surface area contributed by atoms with Gasteiger partial charge in [-0.15, -0.1) is 0 Å². The number of nitrogens with one attached hydrogen (secondary N) is 1. The molecule has 102 valence electrons. The molecule has 0 heterocycles. The molecular formula is C12H20N2O4. The lowest BCUT2D eigenvalue weighted by atomic mass is 10.0. The van der Waals surface area contributed by atoms with Crippen molar-refractivity contribution >= 4 is 18.2 Å². The van der Waals surface area contributed by atoms with Crippen LogP contribution in [0.3, 0.4) is 0 Å². The first kappa shape index (κ1) is 16.1. The summed E-state index contributed by atoms with van der Waals surface area (Å²) >= 11 is 0. The fourth-order valence-corrected chi connectivity index (χ4v) is 1.19. The molecule has 0 aromatic heterocycles. The van der Waals surface area contributed by atoms with E-state index in [0.29, 0.717) is 12.8 Å². The lowest BCUT2D eigenvalue weighted by Gasteiger charge is -2.24. The number of rotatable bonds is 8. The number of hydrogen-bond acceptors (Lipinski definition) is 6. The molecule has 0 aliphatic carbocycles. The first-order valence-corrected chi connectivity index (χ1v) is 5.63. The van der Waals surface area contributed by atoms with Crippen LogP contribution in [0, 0.1) is 0 Å². The minimum Gasteiger partial charge on any atom is -0.461 e. The van der Waals surface area contributed by atoms with E-state index >= 15 is 0 Å². The van der Waals surface area contributed by atoms with Crippen molar-refractivity contribution < 1.29 is 19.1 Å². The molecule has 0 saturated heterocycles. The van der Waals surface area contributed by atoms with Gasteiger partial charge in [-0.1, -0.05) is 6.58 Å². The SMILES string of the molecule is C=CC(=O)OC(C)(C)CCCOC(=O)/C=N/NC. The standard InChI is InChI=1S/C12H20N2O4/c1-5-10(15)18-12(2,3)7-6-8-17-11(16)9-14-13-4/h5,9,13H,1,6-8H2,2-4H3/b14-9+. The molecule has 0 fully saturated rings. The van der Waals surface area contributed by atoms with Gasteiger partial charge in [-0.2, -0.15) is 5.10 Å². The van der Waals surface area contributed by atoms with E-state index in [9.17, 15) is 9.59 Å². The van der Waals surface area contributed by atoms with Crippen LogP contribution in [0.5, 0.6) is 0 Å². The fraction of sp³-hybridized carbons (Fsp3) is 0.583. The van der Waals surface area contributed by atoms with Crippen LogP contribution in [0.2, 0.25) is 0 Å². The summed E-state index contributed by atoms with van der Waals surface area (Å²) in [5.74, 6) is -0.969. The zero-order valence-electron chi connectivity index (χ0n) is 11.1. The molecule has 6 heteroatoms. The van der Waals surface area contributed by atoms with E-state index in [1.165, 1.54) is 0 Å². The number of nitrogens with zero attached hydrogens (tertiary/aromatic N) is 1. The number of hydrazone groups is 1. The average molecular weight is 256 g/mol.